The quantitative estimate of drug-likeness (QED) is 0.584. The van der Waals surface area contributed by atoms with Gasteiger partial charge in [-0.1, -0.05) is 37.0 Å². The summed E-state index contributed by atoms with van der Waals surface area (Å²) >= 11 is 12.0. The van der Waals surface area contributed by atoms with Gasteiger partial charge < -0.3 is 4.74 Å². The molecular weight excluding hydrogens is 367 g/mol. The normalized spacial score (nSPS) is 10.6. The number of esters is 1. The van der Waals surface area contributed by atoms with Crippen LogP contribution < -0.4 is 5.43 Å². The number of ketones is 1. The number of methoxy groups -OCH3 is 1. The van der Waals surface area contributed by atoms with Crippen LogP contribution in [0.2, 0.25) is 10.0 Å². The fourth-order valence-electron chi connectivity index (χ4n) is 2.41. The van der Waals surface area contributed by atoms with Crippen LogP contribution in [0.4, 0.5) is 0 Å². The predicted molar refractivity (Wildman–Crippen MR) is 95.2 cm³/mol. The van der Waals surface area contributed by atoms with Gasteiger partial charge in [0.25, 0.3) is 0 Å². The highest BCUT2D eigenvalue weighted by atomic mass is 35.5. The highest BCUT2D eigenvalue weighted by Crippen LogP contribution is 2.25. The number of carbonyl (C=O) groups is 2. The molecule has 1 aromatic carbocycles. The van der Waals surface area contributed by atoms with Gasteiger partial charge in [0, 0.05) is 6.42 Å². The van der Waals surface area contributed by atoms with Gasteiger partial charge in [-0.25, -0.2) is 9.48 Å². The predicted octanol–water partition coefficient (Wildman–Crippen LogP) is 3.48. The van der Waals surface area contributed by atoms with E-state index in [0.717, 1.165) is 7.11 Å². The van der Waals surface area contributed by atoms with Crippen LogP contribution in [0, 0.1) is 0 Å². The van der Waals surface area contributed by atoms with Crippen LogP contribution in [0.1, 0.15) is 46.8 Å². The van der Waals surface area contributed by atoms with E-state index in [1.54, 1.807) is 32.0 Å². The zero-order chi connectivity index (χ0) is 18.7. The van der Waals surface area contributed by atoms with Crippen molar-refractivity contribution in [3.63, 3.8) is 0 Å². The molecule has 0 aliphatic carbocycles. The molecule has 0 radical (unpaired) electrons. The van der Waals surface area contributed by atoms with Crippen molar-refractivity contribution >= 4 is 35.0 Å². The van der Waals surface area contributed by atoms with Gasteiger partial charge in [0.1, 0.15) is 0 Å². The van der Waals surface area contributed by atoms with Crippen molar-refractivity contribution in [3.05, 3.63) is 55.4 Å². The fraction of sp³-hybridized carbons (Fsp3) is 0.294. The number of ether oxygens (including phenoxy) is 1. The molecule has 0 unspecified atom stereocenters. The Hall–Kier alpha value is -2.18. The molecule has 0 saturated heterocycles. The van der Waals surface area contributed by atoms with Gasteiger partial charge in [0.05, 0.1) is 34.1 Å². The third-order valence-corrected chi connectivity index (χ3v) is 4.39. The number of benzene rings is 1. The standard InChI is InChI=1S/C17H16Cl2N2O4/c1-4-12-14(13(22)5-2)16(23)15(17(24)25-3)20-21(12)9-6-7-10(18)11(19)8-9/h6-8H,4-5H2,1-3H3. The van der Waals surface area contributed by atoms with E-state index in [-0.39, 0.29) is 22.8 Å². The molecule has 2 aromatic rings. The molecule has 0 aliphatic rings. The van der Waals surface area contributed by atoms with E-state index in [4.69, 9.17) is 23.2 Å². The first kappa shape index (κ1) is 19.1. The number of nitrogens with zero attached hydrogens (tertiary/aromatic N) is 2. The van der Waals surface area contributed by atoms with Crippen molar-refractivity contribution in [2.45, 2.75) is 26.7 Å². The zero-order valence-electron chi connectivity index (χ0n) is 13.9. The summed E-state index contributed by atoms with van der Waals surface area (Å²) in [5, 5.41) is 4.74. The van der Waals surface area contributed by atoms with Crippen LogP contribution in [0.25, 0.3) is 5.69 Å². The zero-order valence-corrected chi connectivity index (χ0v) is 15.4. The summed E-state index contributed by atoms with van der Waals surface area (Å²) in [5.41, 5.74) is -0.384. The number of halogens is 2. The Morgan fingerprint density at radius 2 is 1.88 bits per heavy atom. The highest BCUT2D eigenvalue weighted by molar-refractivity contribution is 6.42. The molecule has 6 nitrogen and oxygen atoms in total. The van der Waals surface area contributed by atoms with Crippen molar-refractivity contribution < 1.29 is 14.3 Å². The Morgan fingerprint density at radius 1 is 1.20 bits per heavy atom. The smallest absolute Gasteiger partial charge is 0.362 e. The minimum absolute atomic E-state index is 0.0635. The fourth-order valence-corrected chi connectivity index (χ4v) is 2.70. The molecule has 0 aliphatic heterocycles. The van der Waals surface area contributed by atoms with Gasteiger partial charge in [0.2, 0.25) is 11.1 Å². The Labute approximate surface area is 154 Å². The third-order valence-electron chi connectivity index (χ3n) is 3.65. The third kappa shape index (κ3) is 3.60. The summed E-state index contributed by atoms with van der Waals surface area (Å²) in [6.45, 7) is 3.43. The molecule has 0 amide bonds. The summed E-state index contributed by atoms with van der Waals surface area (Å²) in [7, 11) is 1.14. The van der Waals surface area contributed by atoms with Gasteiger partial charge in [-0.15, -0.1) is 0 Å². The van der Waals surface area contributed by atoms with Crippen molar-refractivity contribution in [2.24, 2.45) is 0 Å². The summed E-state index contributed by atoms with van der Waals surface area (Å²) < 4.78 is 5.98. The van der Waals surface area contributed by atoms with Crippen molar-refractivity contribution in [3.8, 4) is 5.69 Å². The first-order chi connectivity index (χ1) is 11.8. The topological polar surface area (TPSA) is 78.3 Å². The summed E-state index contributed by atoms with van der Waals surface area (Å²) in [5.74, 6) is -1.28. The molecular formula is C17H16Cl2N2O4. The molecule has 0 bridgehead atoms. The Balaban J connectivity index is 2.90. The average molecular weight is 383 g/mol. The molecule has 0 N–H and O–H groups in total. The molecule has 0 spiro atoms. The highest BCUT2D eigenvalue weighted by Gasteiger charge is 2.25. The first-order valence-corrected chi connectivity index (χ1v) is 8.34. The summed E-state index contributed by atoms with van der Waals surface area (Å²) in [6, 6.07) is 4.74. The van der Waals surface area contributed by atoms with Crippen LogP contribution in [-0.2, 0) is 11.2 Å². The average Bonchev–Trinajstić information content (AvgIpc) is 2.62. The molecule has 2 rings (SSSR count). The van der Waals surface area contributed by atoms with Crippen LogP contribution in [0.15, 0.2) is 23.0 Å². The maximum absolute atomic E-state index is 12.6. The van der Waals surface area contributed by atoms with E-state index in [9.17, 15) is 14.4 Å². The van der Waals surface area contributed by atoms with Gasteiger partial charge in [0.15, 0.2) is 5.78 Å². The number of rotatable bonds is 5. The van der Waals surface area contributed by atoms with E-state index >= 15 is 0 Å². The number of carbonyl (C=O) groups excluding carboxylic acids is 2. The van der Waals surface area contributed by atoms with Crippen LogP contribution in [0.5, 0.6) is 0 Å². The van der Waals surface area contributed by atoms with Crippen molar-refractivity contribution in [1.82, 2.24) is 9.78 Å². The van der Waals surface area contributed by atoms with Crippen LogP contribution in [-0.4, -0.2) is 28.6 Å². The van der Waals surface area contributed by atoms with E-state index in [1.807, 2.05) is 0 Å². The second kappa shape index (κ2) is 7.80. The van der Waals surface area contributed by atoms with Gasteiger partial charge in [-0.2, -0.15) is 5.10 Å². The lowest BCUT2D eigenvalue weighted by atomic mass is 10.0. The maximum atomic E-state index is 12.6. The van der Waals surface area contributed by atoms with Crippen molar-refractivity contribution in [2.75, 3.05) is 7.11 Å². The maximum Gasteiger partial charge on any atom is 0.362 e. The molecule has 1 heterocycles. The number of hydrogen-bond acceptors (Lipinski definition) is 5. The first-order valence-electron chi connectivity index (χ1n) is 7.58. The Bertz CT molecular complexity index is 906. The van der Waals surface area contributed by atoms with Gasteiger partial charge >= 0.3 is 5.97 Å². The summed E-state index contributed by atoms with van der Waals surface area (Å²) in [4.78, 5) is 36.9. The number of hydrogen-bond donors (Lipinski definition) is 0. The van der Waals surface area contributed by atoms with Gasteiger partial charge in [-0.05, 0) is 24.6 Å². The van der Waals surface area contributed by atoms with E-state index < -0.39 is 17.1 Å². The minimum Gasteiger partial charge on any atom is -0.464 e. The van der Waals surface area contributed by atoms with Crippen LogP contribution >= 0.6 is 23.2 Å². The number of Topliss-reactive ketones (excluding diaryl/α,β-unsaturated/α-hetero) is 1. The molecule has 0 fully saturated rings. The molecule has 25 heavy (non-hydrogen) atoms. The van der Waals surface area contributed by atoms with E-state index in [1.165, 1.54) is 4.68 Å². The molecule has 0 atom stereocenters. The lowest BCUT2D eigenvalue weighted by Gasteiger charge is -2.16. The molecule has 0 saturated carbocycles. The lowest BCUT2D eigenvalue weighted by Crippen LogP contribution is -2.31. The molecule has 132 valence electrons. The van der Waals surface area contributed by atoms with E-state index in [2.05, 4.69) is 9.84 Å². The SMILES string of the molecule is CCC(=O)c1c(CC)n(-c2ccc(Cl)c(Cl)c2)nc(C(=O)OC)c1=O. The number of aromatic nitrogens is 2. The second-order valence-electron chi connectivity index (χ2n) is 5.13. The largest absolute Gasteiger partial charge is 0.464 e. The van der Waals surface area contributed by atoms with Crippen LogP contribution in [0.3, 0.4) is 0 Å². The lowest BCUT2D eigenvalue weighted by molar-refractivity contribution is 0.0590. The monoisotopic (exact) mass is 382 g/mol. The second-order valence-corrected chi connectivity index (χ2v) is 5.95. The molecule has 1 aromatic heterocycles. The van der Waals surface area contributed by atoms with E-state index in [0.29, 0.717) is 22.8 Å². The minimum atomic E-state index is -0.911. The Kier molecular flexibility index (Phi) is 5.98. The Morgan fingerprint density at radius 3 is 2.40 bits per heavy atom. The molecule has 8 heteroatoms. The van der Waals surface area contributed by atoms with Gasteiger partial charge in [-0.3, -0.25) is 9.59 Å². The summed E-state index contributed by atoms with van der Waals surface area (Å²) in [6.07, 6.45) is 0.471. The van der Waals surface area contributed by atoms with Crippen molar-refractivity contribution in [1.29, 1.82) is 0 Å².